The zero-order valence-electron chi connectivity index (χ0n) is 6.91. The second kappa shape index (κ2) is 3.93. The molecule has 1 atom stereocenters. The molecular weight excluding hydrogens is 164 g/mol. The van der Waals surface area contributed by atoms with Gasteiger partial charge < -0.3 is 10.6 Å². The largest absolute Gasteiger partial charge is 0.339 e. The van der Waals surface area contributed by atoms with Crippen LogP contribution in [0.5, 0.6) is 0 Å². The molecule has 1 heterocycles. The standard InChI is InChI=1S/C7H14N2O.ClH/c1-5(2)9-4-6(8)3-7(9)10;/h5-6H,3-4,8H2,1-2H3;1H. The Labute approximate surface area is 73.3 Å². The van der Waals surface area contributed by atoms with Gasteiger partial charge in [0.25, 0.3) is 0 Å². The Bertz CT molecular complexity index is 149. The Morgan fingerprint density at radius 2 is 2.18 bits per heavy atom. The molecule has 1 rings (SSSR count). The number of hydrogen-bond donors (Lipinski definition) is 1. The Balaban J connectivity index is 0.000001000. The normalized spacial score (nSPS) is 24.2. The molecule has 1 aliphatic heterocycles. The van der Waals surface area contributed by atoms with E-state index in [2.05, 4.69) is 0 Å². The van der Waals surface area contributed by atoms with Crippen molar-refractivity contribution in [2.45, 2.75) is 32.4 Å². The number of carbonyl (C=O) groups is 1. The molecule has 3 nitrogen and oxygen atoms in total. The summed E-state index contributed by atoms with van der Waals surface area (Å²) in [6, 6.07) is 0.371. The molecule has 2 N–H and O–H groups in total. The molecule has 0 aliphatic carbocycles. The molecule has 66 valence electrons. The molecule has 11 heavy (non-hydrogen) atoms. The molecule has 0 bridgehead atoms. The Morgan fingerprint density at radius 1 is 1.64 bits per heavy atom. The number of carbonyl (C=O) groups excluding carboxylic acids is 1. The topological polar surface area (TPSA) is 46.3 Å². The van der Waals surface area contributed by atoms with Crippen molar-refractivity contribution in [2.75, 3.05) is 6.54 Å². The highest BCUT2D eigenvalue weighted by Crippen LogP contribution is 2.11. The van der Waals surface area contributed by atoms with E-state index in [4.69, 9.17) is 5.73 Å². The summed E-state index contributed by atoms with van der Waals surface area (Å²) >= 11 is 0. The lowest BCUT2D eigenvalue weighted by atomic mass is 10.3. The van der Waals surface area contributed by atoms with Crippen molar-refractivity contribution in [3.63, 3.8) is 0 Å². The maximum absolute atomic E-state index is 11.1. The van der Waals surface area contributed by atoms with Gasteiger partial charge in [0.1, 0.15) is 0 Å². The average Bonchev–Trinajstić information content (AvgIpc) is 2.10. The number of rotatable bonds is 1. The van der Waals surface area contributed by atoms with Crippen molar-refractivity contribution in [2.24, 2.45) is 5.73 Å². The van der Waals surface area contributed by atoms with Crippen LogP contribution in [0.25, 0.3) is 0 Å². The van der Waals surface area contributed by atoms with Crippen LogP contribution in [0.3, 0.4) is 0 Å². The minimum atomic E-state index is 0. The first-order valence-electron chi connectivity index (χ1n) is 3.66. The number of likely N-dealkylation sites (tertiary alicyclic amines) is 1. The lowest BCUT2D eigenvalue weighted by molar-refractivity contribution is -0.129. The highest BCUT2D eigenvalue weighted by atomic mass is 35.5. The van der Waals surface area contributed by atoms with E-state index in [-0.39, 0.29) is 24.4 Å². The number of hydrogen-bond acceptors (Lipinski definition) is 2. The van der Waals surface area contributed by atoms with Crippen LogP contribution in [-0.2, 0) is 4.79 Å². The van der Waals surface area contributed by atoms with Gasteiger partial charge in [-0.1, -0.05) is 0 Å². The van der Waals surface area contributed by atoms with Gasteiger partial charge in [0, 0.05) is 25.0 Å². The summed E-state index contributed by atoms with van der Waals surface area (Å²) in [6.45, 7) is 4.75. The van der Waals surface area contributed by atoms with E-state index in [0.29, 0.717) is 12.5 Å². The lowest BCUT2D eigenvalue weighted by Gasteiger charge is -2.19. The molecular formula is C7H15ClN2O. The smallest absolute Gasteiger partial charge is 0.224 e. The maximum Gasteiger partial charge on any atom is 0.224 e. The Morgan fingerprint density at radius 3 is 2.36 bits per heavy atom. The second-order valence-electron chi connectivity index (χ2n) is 3.10. The van der Waals surface area contributed by atoms with E-state index in [1.165, 1.54) is 0 Å². The quantitative estimate of drug-likeness (QED) is 0.631. The summed E-state index contributed by atoms with van der Waals surface area (Å²) < 4.78 is 0. The van der Waals surface area contributed by atoms with E-state index < -0.39 is 0 Å². The molecule has 1 aliphatic rings. The van der Waals surface area contributed by atoms with E-state index in [1.807, 2.05) is 18.7 Å². The van der Waals surface area contributed by atoms with Crippen LogP contribution < -0.4 is 5.73 Å². The Kier molecular flexibility index (Phi) is 3.83. The fourth-order valence-corrected chi connectivity index (χ4v) is 1.26. The van der Waals surface area contributed by atoms with Crippen LogP contribution in [0, 0.1) is 0 Å². The van der Waals surface area contributed by atoms with Gasteiger partial charge in [0.2, 0.25) is 5.91 Å². The number of halogens is 1. The van der Waals surface area contributed by atoms with E-state index >= 15 is 0 Å². The van der Waals surface area contributed by atoms with Gasteiger partial charge in [-0.3, -0.25) is 4.79 Å². The lowest BCUT2D eigenvalue weighted by Crippen LogP contribution is -2.33. The number of nitrogens with two attached hydrogens (primary N) is 1. The minimum Gasteiger partial charge on any atom is -0.339 e. The first kappa shape index (κ1) is 10.7. The van der Waals surface area contributed by atoms with Crippen LogP contribution in [0.1, 0.15) is 20.3 Å². The molecule has 0 aromatic rings. The summed E-state index contributed by atoms with van der Waals surface area (Å²) in [5.74, 6) is 0.197. The summed E-state index contributed by atoms with van der Waals surface area (Å²) in [4.78, 5) is 12.9. The molecule has 0 aromatic heterocycles. The van der Waals surface area contributed by atoms with E-state index in [1.54, 1.807) is 0 Å². The van der Waals surface area contributed by atoms with Gasteiger partial charge in [-0.25, -0.2) is 0 Å². The fourth-order valence-electron chi connectivity index (χ4n) is 1.26. The van der Waals surface area contributed by atoms with Gasteiger partial charge >= 0.3 is 0 Å². The highest BCUT2D eigenvalue weighted by Gasteiger charge is 2.28. The van der Waals surface area contributed by atoms with E-state index in [9.17, 15) is 4.79 Å². The first-order chi connectivity index (χ1) is 4.61. The monoisotopic (exact) mass is 178 g/mol. The Hall–Kier alpha value is -0.280. The predicted octanol–water partition coefficient (Wildman–Crippen LogP) is 0.376. The summed E-state index contributed by atoms with van der Waals surface area (Å²) in [5, 5.41) is 0. The van der Waals surface area contributed by atoms with Gasteiger partial charge in [0.15, 0.2) is 0 Å². The third kappa shape index (κ3) is 2.34. The highest BCUT2D eigenvalue weighted by molar-refractivity contribution is 5.85. The predicted molar refractivity (Wildman–Crippen MR) is 46.7 cm³/mol. The zero-order valence-corrected chi connectivity index (χ0v) is 7.73. The van der Waals surface area contributed by atoms with E-state index in [0.717, 1.165) is 6.54 Å². The van der Waals surface area contributed by atoms with Crippen LogP contribution in [0.4, 0.5) is 0 Å². The molecule has 4 heteroatoms. The third-order valence-electron chi connectivity index (χ3n) is 1.81. The van der Waals surface area contributed by atoms with Crippen LogP contribution >= 0.6 is 12.4 Å². The maximum atomic E-state index is 11.1. The van der Waals surface area contributed by atoms with Gasteiger partial charge in [-0.2, -0.15) is 0 Å². The summed E-state index contributed by atoms with van der Waals surface area (Å²) in [5.41, 5.74) is 5.59. The number of amides is 1. The molecule has 1 unspecified atom stereocenters. The fraction of sp³-hybridized carbons (Fsp3) is 0.857. The molecule has 1 amide bonds. The third-order valence-corrected chi connectivity index (χ3v) is 1.81. The summed E-state index contributed by atoms with van der Waals surface area (Å²) in [6.07, 6.45) is 0.526. The van der Waals surface area contributed by atoms with Crippen LogP contribution in [0.15, 0.2) is 0 Å². The van der Waals surface area contributed by atoms with Gasteiger partial charge in [-0.15, -0.1) is 12.4 Å². The van der Waals surface area contributed by atoms with Crippen LogP contribution in [0.2, 0.25) is 0 Å². The average molecular weight is 179 g/mol. The van der Waals surface area contributed by atoms with Crippen molar-refractivity contribution in [3.05, 3.63) is 0 Å². The molecule has 0 aromatic carbocycles. The molecule has 0 radical (unpaired) electrons. The first-order valence-corrected chi connectivity index (χ1v) is 3.66. The number of nitrogens with zero attached hydrogens (tertiary/aromatic N) is 1. The molecule has 1 fully saturated rings. The van der Waals surface area contributed by atoms with Gasteiger partial charge in [-0.05, 0) is 13.8 Å². The minimum absolute atomic E-state index is 0. The SMILES string of the molecule is CC(C)N1CC(N)CC1=O.Cl. The molecule has 1 saturated heterocycles. The zero-order chi connectivity index (χ0) is 7.72. The molecule has 0 saturated carbocycles. The van der Waals surface area contributed by atoms with Crippen molar-refractivity contribution in [1.82, 2.24) is 4.90 Å². The van der Waals surface area contributed by atoms with Gasteiger partial charge in [0.05, 0.1) is 0 Å². The molecule has 0 spiro atoms. The van der Waals surface area contributed by atoms with Crippen molar-refractivity contribution >= 4 is 18.3 Å². The van der Waals surface area contributed by atoms with Crippen molar-refractivity contribution < 1.29 is 4.79 Å². The second-order valence-corrected chi connectivity index (χ2v) is 3.10. The van der Waals surface area contributed by atoms with Crippen molar-refractivity contribution in [3.8, 4) is 0 Å². The van der Waals surface area contributed by atoms with Crippen molar-refractivity contribution in [1.29, 1.82) is 0 Å². The van der Waals surface area contributed by atoms with Crippen LogP contribution in [-0.4, -0.2) is 29.4 Å². The summed E-state index contributed by atoms with van der Waals surface area (Å²) in [7, 11) is 0.